The number of alkyl halides is 1. The molecule has 0 bridgehead atoms. The molecule has 1 heterocycles. The molecular weight excluding hydrogens is 226 g/mol. The number of unbranched alkanes of at least 4 members (excludes halogenated alkanes) is 1. The van der Waals surface area contributed by atoms with E-state index in [1.807, 2.05) is 4.90 Å². The maximum Gasteiger partial charge on any atom is 0.222 e. The first-order valence-electron chi connectivity index (χ1n) is 6.26. The summed E-state index contributed by atoms with van der Waals surface area (Å²) in [5, 5.41) is 8.81. The van der Waals surface area contributed by atoms with Crippen LogP contribution in [-0.2, 0) is 4.79 Å². The van der Waals surface area contributed by atoms with Gasteiger partial charge < -0.3 is 10.0 Å². The predicted molar refractivity (Wildman–Crippen MR) is 65.6 cm³/mol. The van der Waals surface area contributed by atoms with Crippen LogP contribution >= 0.6 is 11.6 Å². The Morgan fingerprint density at radius 1 is 1.38 bits per heavy atom. The van der Waals surface area contributed by atoms with Gasteiger partial charge in [-0.25, -0.2) is 0 Å². The SMILES string of the molecule is O=C(CCCCCl)N1CCCC1CCCO. The first-order valence-corrected chi connectivity index (χ1v) is 6.79. The molecule has 0 spiro atoms. The van der Waals surface area contributed by atoms with E-state index in [1.165, 1.54) is 0 Å². The highest BCUT2D eigenvalue weighted by molar-refractivity contribution is 6.17. The third-order valence-electron chi connectivity index (χ3n) is 3.17. The first-order chi connectivity index (χ1) is 7.79. The smallest absolute Gasteiger partial charge is 0.222 e. The van der Waals surface area contributed by atoms with Crippen LogP contribution in [0.25, 0.3) is 0 Å². The minimum absolute atomic E-state index is 0.227. The summed E-state index contributed by atoms with van der Waals surface area (Å²) in [5.74, 6) is 0.909. The standard InChI is InChI=1S/C12H22ClNO2/c13-8-2-1-7-12(16)14-9-3-5-11(14)6-4-10-15/h11,15H,1-10H2. The fraction of sp³-hybridized carbons (Fsp3) is 0.917. The van der Waals surface area contributed by atoms with Crippen molar-refractivity contribution in [1.82, 2.24) is 4.90 Å². The molecule has 1 fully saturated rings. The monoisotopic (exact) mass is 247 g/mol. The second kappa shape index (κ2) is 7.91. The van der Waals surface area contributed by atoms with E-state index in [2.05, 4.69) is 0 Å². The molecule has 1 unspecified atom stereocenters. The van der Waals surface area contributed by atoms with E-state index >= 15 is 0 Å². The van der Waals surface area contributed by atoms with Gasteiger partial charge in [-0.05, 0) is 38.5 Å². The van der Waals surface area contributed by atoms with Gasteiger partial charge in [0.15, 0.2) is 0 Å². The van der Waals surface area contributed by atoms with Crippen LogP contribution in [0.1, 0.15) is 44.9 Å². The third kappa shape index (κ3) is 4.30. The maximum absolute atomic E-state index is 11.9. The number of rotatable bonds is 7. The zero-order chi connectivity index (χ0) is 11.8. The summed E-state index contributed by atoms with van der Waals surface area (Å²) >= 11 is 5.59. The zero-order valence-corrected chi connectivity index (χ0v) is 10.6. The van der Waals surface area contributed by atoms with E-state index in [9.17, 15) is 4.79 Å². The molecular formula is C12H22ClNO2. The molecule has 0 radical (unpaired) electrons. The van der Waals surface area contributed by atoms with Crippen molar-refractivity contribution in [2.75, 3.05) is 19.0 Å². The summed E-state index contributed by atoms with van der Waals surface area (Å²) in [5.41, 5.74) is 0. The number of likely N-dealkylation sites (tertiary alicyclic amines) is 1. The fourth-order valence-electron chi connectivity index (χ4n) is 2.31. The molecule has 3 nitrogen and oxygen atoms in total. The lowest BCUT2D eigenvalue weighted by molar-refractivity contribution is -0.132. The molecule has 4 heteroatoms. The van der Waals surface area contributed by atoms with Gasteiger partial charge in [0.2, 0.25) is 5.91 Å². The number of aliphatic hydroxyl groups excluding tert-OH is 1. The molecule has 94 valence electrons. The minimum atomic E-state index is 0.227. The summed E-state index contributed by atoms with van der Waals surface area (Å²) in [6.45, 7) is 1.13. The molecule has 16 heavy (non-hydrogen) atoms. The van der Waals surface area contributed by atoms with Crippen molar-refractivity contribution in [3.63, 3.8) is 0 Å². The van der Waals surface area contributed by atoms with Crippen LogP contribution in [0.15, 0.2) is 0 Å². The number of carbonyl (C=O) groups is 1. The Morgan fingerprint density at radius 2 is 2.19 bits per heavy atom. The van der Waals surface area contributed by atoms with E-state index in [0.29, 0.717) is 18.3 Å². The van der Waals surface area contributed by atoms with Gasteiger partial charge in [0.1, 0.15) is 0 Å². The molecule has 0 aromatic heterocycles. The number of aliphatic hydroxyl groups is 1. The molecule has 1 amide bonds. The summed E-state index contributed by atoms with van der Waals surface area (Å²) in [4.78, 5) is 13.9. The minimum Gasteiger partial charge on any atom is -0.396 e. The van der Waals surface area contributed by atoms with Gasteiger partial charge in [-0.2, -0.15) is 0 Å². The molecule has 1 aliphatic rings. The molecule has 1 rings (SSSR count). The predicted octanol–water partition coefficient (Wildman–Crippen LogP) is 2.16. The van der Waals surface area contributed by atoms with Crippen LogP contribution < -0.4 is 0 Å². The second-order valence-electron chi connectivity index (χ2n) is 4.40. The molecule has 1 saturated heterocycles. The van der Waals surface area contributed by atoms with E-state index in [0.717, 1.165) is 45.1 Å². The molecule has 1 aliphatic heterocycles. The van der Waals surface area contributed by atoms with Gasteiger partial charge in [0.25, 0.3) is 0 Å². The zero-order valence-electron chi connectivity index (χ0n) is 9.83. The Labute approximate surface area is 103 Å². The Hall–Kier alpha value is -0.280. The molecule has 0 aromatic carbocycles. The van der Waals surface area contributed by atoms with Crippen LogP contribution in [0.3, 0.4) is 0 Å². The van der Waals surface area contributed by atoms with Gasteiger partial charge in [0, 0.05) is 31.5 Å². The van der Waals surface area contributed by atoms with Crippen LogP contribution in [0.2, 0.25) is 0 Å². The molecule has 0 aliphatic carbocycles. The highest BCUT2D eigenvalue weighted by Crippen LogP contribution is 2.22. The quantitative estimate of drug-likeness (QED) is 0.553. The fourth-order valence-corrected chi connectivity index (χ4v) is 2.49. The van der Waals surface area contributed by atoms with Crippen molar-refractivity contribution in [2.24, 2.45) is 0 Å². The van der Waals surface area contributed by atoms with Crippen molar-refractivity contribution in [2.45, 2.75) is 51.0 Å². The first kappa shape index (κ1) is 13.8. The largest absolute Gasteiger partial charge is 0.396 e. The summed E-state index contributed by atoms with van der Waals surface area (Å²) in [6.07, 6.45) is 6.39. The van der Waals surface area contributed by atoms with Gasteiger partial charge >= 0.3 is 0 Å². The summed E-state index contributed by atoms with van der Waals surface area (Å²) < 4.78 is 0. The number of nitrogens with zero attached hydrogens (tertiary/aromatic N) is 1. The Kier molecular flexibility index (Phi) is 6.81. The lowest BCUT2D eigenvalue weighted by Crippen LogP contribution is -2.35. The highest BCUT2D eigenvalue weighted by Gasteiger charge is 2.27. The number of amides is 1. The normalized spacial score (nSPS) is 20.4. The van der Waals surface area contributed by atoms with Crippen LogP contribution in [0, 0.1) is 0 Å². The second-order valence-corrected chi connectivity index (χ2v) is 4.77. The maximum atomic E-state index is 11.9. The van der Waals surface area contributed by atoms with Gasteiger partial charge in [0.05, 0.1) is 0 Å². The van der Waals surface area contributed by atoms with Crippen molar-refractivity contribution in [3.05, 3.63) is 0 Å². The van der Waals surface area contributed by atoms with Gasteiger partial charge in [-0.3, -0.25) is 4.79 Å². The lowest BCUT2D eigenvalue weighted by Gasteiger charge is -2.24. The van der Waals surface area contributed by atoms with Crippen molar-refractivity contribution in [1.29, 1.82) is 0 Å². The summed E-state index contributed by atoms with van der Waals surface area (Å²) in [6, 6.07) is 0.371. The summed E-state index contributed by atoms with van der Waals surface area (Å²) in [7, 11) is 0. The van der Waals surface area contributed by atoms with E-state index in [4.69, 9.17) is 16.7 Å². The Balaban J connectivity index is 2.29. The number of carbonyl (C=O) groups excluding carboxylic acids is 1. The molecule has 0 aromatic rings. The van der Waals surface area contributed by atoms with E-state index in [-0.39, 0.29) is 12.5 Å². The highest BCUT2D eigenvalue weighted by atomic mass is 35.5. The lowest BCUT2D eigenvalue weighted by atomic mass is 10.1. The Bertz CT molecular complexity index is 211. The van der Waals surface area contributed by atoms with Crippen LogP contribution in [0.5, 0.6) is 0 Å². The average Bonchev–Trinajstić information content (AvgIpc) is 2.74. The van der Waals surface area contributed by atoms with E-state index < -0.39 is 0 Å². The number of hydrogen-bond donors (Lipinski definition) is 1. The van der Waals surface area contributed by atoms with Gasteiger partial charge in [-0.15, -0.1) is 11.6 Å². The topological polar surface area (TPSA) is 40.5 Å². The average molecular weight is 248 g/mol. The Morgan fingerprint density at radius 3 is 2.88 bits per heavy atom. The third-order valence-corrected chi connectivity index (χ3v) is 3.43. The van der Waals surface area contributed by atoms with Crippen LogP contribution in [-0.4, -0.2) is 41.0 Å². The van der Waals surface area contributed by atoms with Crippen molar-refractivity contribution < 1.29 is 9.90 Å². The van der Waals surface area contributed by atoms with Crippen molar-refractivity contribution in [3.8, 4) is 0 Å². The number of halogens is 1. The molecule has 0 saturated carbocycles. The van der Waals surface area contributed by atoms with Crippen molar-refractivity contribution >= 4 is 17.5 Å². The van der Waals surface area contributed by atoms with E-state index in [1.54, 1.807) is 0 Å². The molecule has 1 N–H and O–H groups in total. The van der Waals surface area contributed by atoms with Crippen LogP contribution in [0.4, 0.5) is 0 Å². The van der Waals surface area contributed by atoms with Gasteiger partial charge in [-0.1, -0.05) is 0 Å². The number of hydrogen-bond acceptors (Lipinski definition) is 2. The molecule has 1 atom stereocenters.